The minimum absolute atomic E-state index is 0.294. The van der Waals surface area contributed by atoms with Gasteiger partial charge in [0.25, 0.3) is 0 Å². The predicted octanol–water partition coefficient (Wildman–Crippen LogP) is 3.22. The molecular weight excluding hydrogens is 267 g/mol. The van der Waals surface area contributed by atoms with Crippen LogP contribution in [0.1, 0.15) is 24.5 Å². The van der Waals surface area contributed by atoms with Gasteiger partial charge in [0.15, 0.2) is 0 Å². The lowest BCUT2D eigenvalue weighted by Gasteiger charge is -2.11. The Labute approximate surface area is 109 Å². The summed E-state index contributed by atoms with van der Waals surface area (Å²) in [6.45, 7) is 2.69. The fraction of sp³-hybridized carbons (Fsp3) is 0.500. The van der Waals surface area contributed by atoms with Crippen molar-refractivity contribution < 1.29 is 18.3 Å². The highest BCUT2D eigenvalue weighted by atomic mass is 35.5. The number of benzene rings is 1. The van der Waals surface area contributed by atoms with Crippen LogP contribution in [0, 0.1) is 0 Å². The smallest absolute Gasteiger partial charge is 0.393 e. The Hall–Kier alpha value is -0.780. The minimum atomic E-state index is -4.42. The van der Waals surface area contributed by atoms with Crippen molar-refractivity contribution in [2.75, 3.05) is 6.54 Å². The molecule has 6 heteroatoms. The van der Waals surface area contributed by atoms with Gasteiger partial charge < -0.3 is 10.4 Å². The van der Waals surface area contributed by atoms with E-state index < -0.39 is 17.8 Å². The molecule has 0 fully saturated rings. The van der Waals surface area contributed by atoms with Gasteiger partial charge in [-0.1, -0.05) is 17.7 Å². The van der Waals surface area contributed by atoms with Crippen molar-refractivity contribution in [3.63, 3.8) is 0 Å². The highest BCUT2D eigenvalue weighted by molar-refractivity contribution is 6.31. The first-order chi connectivity index (χ1) is 8.30. The van der Waals surface area contributed by atoms with Crippen molar-refractivity contribution in [1.29, 1.82) is 0 Å². The lowest BCUT2D eigenvalue weighted by atomic mass is 10.1. The topological polar surface area (TPSA) is 32.3 Å². The molecular formula is C12H15ClF3NO. The van der Waals surface area contributed by atoms with Crippen molar-refractivity contribution in [3.8, 4) is 0 Å². The Bertz CT molecular complexity index is 393. The zero-order valence-corrected chi connectivity index (χ0v) is 10.6. The van der Waals surface area contributed by atoms with E-state index in [-0.39, 0.29) is 5.02 Å². The molecule has 0 radical (unpaired) electrons. The van der Waals surface area contributed by atoms with Crippen LogP contribution in [0.2, 0.25) is 5.02 Å². The maximum atomic E-state index is 12.4. The molecule has 0 aromatic heterocycles. The molecule has 102 valence electrons. The molecule has 0 aliphatic carbocycles. The molecule has 18 heavy (non-hydrogen) atoms. The van der Waals surface area contributed by atoms with Gasteiger partial charge in [-0.2, -0.15) is 13.2 Å². The second-order valence-corrected chi connectivity index (χ2v) is 4.53. The van der Waals surface area contributed by atoms with Crippen molar-refractivity contribution in [2.45, 2.75) is 32.2 Å². The Morgan fingerprint density at radius 3 is 2.56 bits per heavy atom. The van der Waals surface area contributed by atoms with E-state index in [1.807, 2.05) is 0 Å². The van der Waals surface area contributed by atoms with Gasteiger partial charge >= 0.3 is 6.18 Å². The van der Waals surface area contributed by atoms with Gasteiger partial charge in [0.2, 0.25) is 0 Å². The normalized spacial score (nSPS) is 13.7. The number of aliphatic hydroxyl groups excluding tert-OH is 1. The lowest BCUT2D eigenvalue weighted by Crippen LogP contribution is -2.18. The zero-order chi connectivity index (χ0) is 13.8. The average Bonchev–Trinajstić information content (AvgIpc) is 2.22. The van der Waals surface area contributed by atoms with Crippen molar-refractivity contribution in [1.82, 2.24) is 5.32 Å². The van der Waals surface area contributed by atoms with Gasteiger partial charge in [-0.3, -0.25) is 0 Å². The van der Waals surface area contributed by atoms with Gasteiger partial charge in [-0.25, -0.2) is 0 Å². The fourth-order valence-electron chi connectivity index (χ4n) is 1.44. The van der Waals surface area contributed by atoms with Gasteiger partial charge in [-0.15, -0.1) is 0 Å². The number of hydrogen-bond donors (Lipinski definition) is 2. The van der Waals surface area contributed by atoms with Gasteiger partial charge in [0.1, 0.15) is 0 Å². The van der Waals surface area contributed by atoms with Crippen molar-refractivity contribution in [3.05, 3.63) is 34.3 Å². The summed E-state index contributed by atoms with van der Waals surface area (Å²) in [6.07, 6.45) is -4.22. The Morgan fingerprint density at radius 2 is 2.06 bits per heavy atom. The third kappa shape index (κ3) is 4.84. The van der Waals surface area contributed by atoms with E-state index in [0.717, 1.165) is 6.07 Å². The first-order valence-corrected chi connectivity index (χ1v) is 5.93. The molecule has 0 saturated carbocycles. The monoisotopic (exact) mass is 281 g/mol. The molecule has 0 aliphatic heterocycles. The largest absolute Gasteiger partial charge is 0.417 e. The fourth-order valence-corrected chi connectivity index (χ4v) is 1.75. The SMILES string of the molecule is CC(O)CCNCc1ccc(C(F)(F)F)c(Cl)c1. The molecule has 1 atom stereocenters. The number of rotatable bonds is 5. The van der Waals surface area contributed by atoms with Crippen LogP contribution in [0.5, 0.6) is 0 Å². The summed E-state index contributed by atoms with van der Waals surface area (Å²) >= 11 is 5.59. The number of halogens is 4. The Kier molecular flexibility index (Phi) is 5.44. The van der Waals surface area contributed by atoms with Gasteiger partial charge in [0.05, 0.1) is 16.7 Å². The maximum absolute atomic E-state index is 12.4. The van der Waals surface area contributed by atoms with Crippen LogP contribution in [0.25, 0.3) is 0 Å². The van der Waals surface area contributed by atoms with Gasteiger partial charge in [-0.05, 0) is 37.6 Å². The van der Waals surface area contributed by atoms with Crippen molar-refractivity contribution in [2.24, 2.45) is 0 Å². The first-order valence-electron chi connectivity index (χ1n) is 5.55. The molecule has 1 aromatic rings. The minimum Gasteiger partial charge on any atom is -0.393 e. The summed E-state index contributed by atoms with van der Waals surface area (Å²) < 4.78 is 37.3. The standard InChI is InChI=1S/C12H15ClF3NO/c1-8(18)4-5-17-7-9-2-3-10(11(13)6-9)12(14,15)16/h2-3,6,8,17-18H,4-5,7H2,1H3. The van der Waals surface area contributed by atoms with Gasteiger partial charge in [0, 0.05) is 6.54 Å². The molecule has 1 aromatic carbocycles. The average molecular weight is 282 g/mol. The van der Waals surface area contributed by atoms with E-state index in [9.17, 15) is 13.2 Å². The molecule has 1 unspecified atom stereocenters. The molecule has 2 nitrogen and oxygen atoms in total. The summed E-state index contributed by atoms with van der Waals surface area (Å²) in [7, 11) is 0. The van der Waals surface area contributed by atoms with Crippen LogP contribution < -0.4 is 5.32 Å². The molecule has 2 N–H and O–H groups in total. The summed E-state index contributed by atoms with van der Waals surface area (Å²) in [5, 5.41) is 11.8. The first kappa shape index (κ1) is 15.3. The van der Waals surface area contributed by atoms with Crippen LogP contribution in [0.4, 0.5) is 13.2 Å². The molecule has 1 rings (SSSR count). The highest BCUT2D eigenvalue weighted by Gasteiger charge is 2.32. The van der Waals surface area contributed by atoms with Crippen LogP contribution >= 0.6 is 11.6 Å². The number of nitrogens with one attached hydrogen (secondary N) is 1. The van der Waals surface area contributed by atoms with E-state index in [4.69, 9.17) is 16.7 Å². The molecule has 0 amide bonds. The Morgan fingerprint density at radius 1 is 1.39 bits per heavy atom. The van der Waals surface area contributed by atoms with E-state index in [1.165, 1.54) is 12.1 Å². The highest BCUT2D eigenvalue weighted by Crippen LogP contribution is 2.34. The second-order valence-electron chi connectivity index (χ2n) is 4.13. The van der Waals surface area contributed by atoms with E-state index in [1.54, 1.807) is 6.92 Å². The molecule has 0 aliphatic rings. The molecule has 0 spiro atoms. The van der Waals surface area contributed by atoms with E-state index in [0.29, 0.717) is 25.1 Å². The van der Waals surface area contributed by atoms with Crippen LogP contribution in [-0.4, -0.2) is 17.8 Å². The third-order valence-electron chi connectivity index (χ3n) is 2.41. The zero-order valence-electron chi connectivity index (χ0n) is 9.89. The Balaban J connectivity index is 2.57. The number of aliphatic hydroxyl groups is 1. The molecule has 0 saturated heterocycles. The summed E-state index contributed by atoms with van der Waals surface area (Å²) in [5.74, 6) is 0. The molecule has 0 heterocycles. The quantitative estimate of drug-likeness (QED) is 0.812. The molecule has 0 bridgehead atoms. The van der Waals surface area contributed by atoms with Crippen molar-refractivity contribution >= 4 is 11.6 Å². The second kappa shape index (κ2) is 6.41. The van der Waals surface area contributed by atoms with Crippen LogP contribution in [0.15, 0.2) is 18.2 Å². The van der Waals surface area contributed by atoms with Crippen LogP contribution in [0.3, 0.4) is 0 Å². The van der Waals surface area contributed by atoms with E-state index in [2.05, 4.69) is 5.32 Å². The summed E-state index contributed by atoms with van der Waals surface area (Å²) in [5.41, 5.74) is -0.143. The lowest BCUT2D eigenvalue weighted by molar-refractivity contribution is -0.137. The maximum Gasteiger partial charge on any atom is 0.417 e. The number of hydrogen-bond acceptors (Lipinski definition) is 2. The summed E-state index contributed by atoms with van der Waals surface area (Å²) in [6, 6.07) is 3.68. The summed E-state index contributed by atoms with van der Waals surface area (Å²) in [4.78, 5) is 0. The van der Waals surface area contributed by atoms with E-state index >= 15 is 0 Å². The third-order valence-corrected chi connectivity index (χ3v) is 2.72. The van der Waals surface area contributed by atoms with Crippen LogP contribution in [-0.2, 0) is 12.7 Å². The predicted molar refractivity (Wildman–Crippen MR) is 64.5 cm³/mol. The number of alkyl halides is 3.